The van der Waals surface area contributed by atoms with Gasteiger partial charge in [-0.05, 0) is 17.7 Å². The third-order valence-corrected chi connectivity index (χ3v) is 2.94. The average Bonchev–Trinajstić information content (AvgIpc) is 2.35. The molecule has 0 radical (unpaired) electrons. The van der Waals surface area contributed by atoms with Crippen LogP contribution in [0, 0.1) is 0 Å². The molecule has 4 nitrogen and oxygen atoms in total. The molecule has 0 fully saturated rings. The third kappa shape index (κ3) is 6.52. The highest BCUT2D eigenvalue weighted by atomic mass is 35.5. The molecule has 1 amide bonds. The van der Waals surface area contributed by atoms with Crippen molar-refractivity contribution in [2.24, 2.45) is 5.73 Å². The van der Waals surface area contributed by atoms with E-state index in [1.165, 1.54) is 0 Å². The lowest BCUT2D eigenvalue weighted by molar-refractivity contribution is -0.135. The Balaban J connectivity index is 2.28. The summed E-state index contributed by atoms with van der Waals surface area (Å²) in [5.74, 6) is -0.0988. The summed E-state index contributed by atoms with van der Waals surface area (Å²) in [6.07, 6.45) is 0.520. The van der Waals surface area contributed by atoms with E-state index in [9.17, 15) is 4.79 Å². The van der Waals surface area contributed by atoms with Gasteiger partial charge in [0, 0.05) is 25.0 Å². The van der Waals surface area contributed by atoms with Gasteiger partial charge in [-0.1, -0.05) is 36.0 Å². The lowest BCUT2D eigenvalue weighted by atomic mass is 10.2. The fourth-order valence-electron chi connectivity index (χ4n) is 1.40. The number of hydrogen-bond acceptors (Lipinski definition) is 3. The Bertz CT molecular complexity index is 454. The van der Waals surface area contributed by atoms with Crippen molar-refractivity contribution in [1.82, 2.24) is 4.90 Å². The first-order chi connectivity index (χ1) is 8.99. The van der Waals surface area contributed by atoms with Gasteiger partial charge in [0.15, 0.2) is 0 Å². The van der Waals surface area contributed by atoms with Gasteiger partial charge in [-0.3, -0.25) is 4.79 Å². The van der Waals surface area contributed by atoms with Gasteiger partial charge in [0.1, 0.15) is 6.61 Å². The molecule has 0 bridgehead atoms. The molecule has 104 valence electrons. The van der Waals surface area contributed by atoms with Crippen molar-refractivity contribution < 1.29 is 9.53 Å². The van der Waals surface area contributed by atoms with Crippen LogP contribution in [0.5, 0.6) is 0 Å². The highest BCUT2D eigenvalue weighted by molar-refractivity contribution is 7.80. The van der Waals surface area contributed by atoms with Crippen LogP contribution < -0.4 is 5.73 Å². The van der Waals surface area contributed by atoms with Crippen LogP contribution in [0.2, 0.25) is 5.02 Å². The Morgan fingerprint density at radius 3 is 2.89 bits per heavy atom. The molecule has 0 saturated heterocycles. The number of carbonyl (C=O) groups is 1. The molecule has 0 aromatic heterocycles. The van der Waals surface area contributed by atoms with Gasteiger partial charge >= 0.3 is 0 Å². The number of nitrogens with zero attached hydrogens (tertiary/aromatic N) is 1. The van der Waals surface area contributed by atoms with Crippen LogP contribution in [0.25, 0.3) is 0 Å². The van der Waals surface area contributed by atoms with Crippen molar-refractivity contribution in [1.29, 1.82) is 0 Å². The van der Waals surface area contributed by atoms with E-state index in [1.807, 2.05) is 18.2 Å². The van der Waals surface area contributed by atoms with Crippen LogP contribution in [0.3, 0.4) is 0 Å². The molecule has 0 heterocycles. The molecule has 1 aromatic carbocycles. The van der Waals surface area contributed by atoms with Crippen LogP contribution in [0.1, 0.15) is 12.0 Å². The number of ether oxygens (including phenoxy) is 1. The Labute approximate surface area is 123 Å². The number of carbonyl (C=O) groups excluding carboxylic acids is 1. The van der Waals surface area contributed by atoms with Crippen LogP contribution in [-0.2, 0) is 16.1 Å². The first kappa shape index (κ1) is 15.9. The lowest BCUT2D eigenvalue weighted by Crippen LogP contribution is -2.32. The monoisotopic (exact) mass is 300 g/mol. The van der Waals surface area contributed by atoms with Crippen molar-refractivity contribution >= 4 is 34.7 Å². The quantitative estimate of drug-likeness (QED) is 0.783. The number of likely N-dealkylation sites (N-methyl/N-ethyl adjacent to an activating group) is 1. The summed E-state index contributed by atoms with van der Waals surface area (Å²) in [5, 5.41) is 0.654. The minimum Gasteiger partial charge on any atom is -0.393 e. The second-order valence-corrected chi connectivity index (χ2v) is 5.12. The summed E-state index contributed by atoms with van der Waals surface area (Å²) in [6, 6.07) is 7.34. The summed E-state index contributed by atoms with van der Waals surface area (Å²) in [5.41, 5.74) is 6.32. The van der Waals surface area contributed by atoms with E-state index in [-0.39, 0.29) is 12.5 Å². The van der Waals surface area contributed by atoms with Gasteiger partial charge < -0.3 is 15.4 Å². The summed E-state index contributed by atoms with van der Waals surface area (Å²) in [4.78, 5) is 13.7. The molecule has 1 rings (SSSR count). The highest BCUT2D eigenvalue weighted by Gasteiger charge is 2.08. The topological polar surface area (TPSA) is 55.6 Å². The first-order valence-corrected chi connectivity index (χ1v) is 6.62. The van der Waals surface area contributed by atoms with Gasteiger partial charge in [-0.2, -0.15) is 0 Å². The average molecular weight is 301 g/mol. The first-order valence-electron chi connectivity index (χ1n) is 5.83. The van der Waals surface area contributed by atoms with Gasteiger partial charge in [0.2, 0.25) is 5.91 Å². The zero-order chi connectivity index (χ0) is 14.3. The number of hydrogen-bond donors (Lipinski definition) is 1. The largest absolute Gasteiger partial charge is 0.393 e. The van der Waals surface area contributed by atoms with Gasteiger partial charge in [-0.25, -0.2) is 0 Å². The Hall–Kier alpha value is -1.17. The number of thiocarbonyl (C=S) groups is 1. The standard InChI is InChI=1S/C13H17ClN2O2S/c1-16(6-5-12(15)19)13(17)9-18-8-10-3-2-4-11(14)7-10/h2-4,7H,5-6,8-9H2,1H3,(H2,15,19). The molecular formula is C13H17ClN2O2S. The predicted octanol–water partition coefficient (Wildman–Crippen LogP) is 1.99. The molecular weight excluding hydrogens is 284 g/mol. The Morgan fingerprint density at radius 1 is 1.53 bits per heavy atom. The van der Waals surface area contributed by atoms with E-state index in [1.54, 1.807) is 18.0 Å². The molecule has 0 aliphatic rings. The van der Waals surface area contributed by atoms with E-state index < -0.39 is 0 Å². The van der Waals surface area contributed by atoms with Crippen molar-refractivity contribution in [3.63, 3.8) is 0 Å². The van der Waals surface area contributed by atoms with Crippen LogP contribution in [0.4, 0.5) is 0 Å². The summed E-state index contributed by atoms with van der Waals surface area (Å²) >= 11 is 10.6. The van der Waals surface area contributed by atoms with Crippen molar-refractivity contribution in [2.45, 2.75) is 13.0 Å². The van der Waals surface area contributed by atoms with E-state index >= 15 is 0 Å². The predicted molar refractivity (Wildman–Crippen MR) is 80.1 cm³/mol. The maximum atomic E-state index is 11.7. The number of halogens is 1. The smallest absolute Gasteiger partial charge is 0.248 e. The maximum absolute atomic E-state index is 11.7. The van der Waals surface area contributed by atoms with Gasteiger partial charge in [-0.15, -0.1) is 0 Å². The highest BCUT2D eigenvalue weighted by Crippen LogP contribution is 2.11. The Morgan fingerprint density at radius 2 is 2.26 bits per heavy atom. The van der Waals surface area contributed by atoms with E-state index in [2.05, 4.69) is 0 Å². The van der Waals surface area contributed by atoms with E-state index in [4.69, 9.17) is 34.3 Å². The minimum absolute atomic E-state index is 0.0281. The second kappa shape index (κ2) is 8.09. The normalized spacial score (nSPS) is 10.2. The fraction of sp³-hybridized carbons (Fsp3) is 0.385. The van der Waals surface area contributed by atoms with Crippen molar-refractivity contribution in [3.8, 4) is 0 Å². The molecule has 6 heteroatoms. The third-order valence-electron chi connectivity index (χ3n) is 2.50. The van der Waals surface area contributed by atoms with E-state index in [0.717, 1.165) is 5.56 Å². The molecule has 19 heavy (non-hydrogen) atoms. The molecule has 0 unspecified atom stereocenters. The van der Waals surface area contributed by atoms with Crippen molar-refractivity contribution in [3.05, 3.63) is 34.9 Å². The molecule has 0 saturated carbocycles. The SMILES string of the molecule is CN(CCC(N)=S)C(=O)COCc1cccc(Cl)c1. The Kier molecular flexibility index (Phi) is 6.77. The van der Waals surface area contributed by atoms with Crippen molar-refractivity contribution in [2.75, 3.05) is 20.2 Å². The maximum Gasteiger partial charge on any atom is 0.248 e. The number of nitrogens with two attached hydrogens (primary N) is 1. The summed E-state index contributed by atoms with van der Waals surface area (Å²) in [6.45, 7) is 0.893. The second-order valence-electron chi connectivity index (χ2n) is 4.15. The number of benzene rings is 1. The molecule has 0 atom stereocenters. The minimum atomic E-state index is -0.0988. The number of rotatable bonds is 7. The van der Waals surface area contributed by atoms with Crippen LogP contribution in [-0.4, -0.2) is 36.0 Å². The van der Waals surface area contributed by atoms with Gasteiger partial charge in [0.05, 0.1) is 11.6 Å². The lowest BCUT2D eigenvalue weighted by Gasteiger charge is -2.16. The molecule has 0 aliphatic heterocycles. The zero-order valence-electron chi connectivity index (χ0n) is 10.8. The summed E-state index contributed by atoms with van der Waals surface area (Å²) < 4.78 is 5.35. The van der Waals surface area contributed by atoms with Crippen LogP contribution >= 0.6 is 23.8 Å². The summed E-state index contributed by atoms with van der Waals surface area (Å²) in [7, 11) is 1.70. The molecule has 1 aromatic rings. The van der Waals surface area contributed by atoms with E-state index in [0.29, 0.717) is 29.6 Å². The fourth-order valence-corrected chi connectivity index (χ4v) is 1.70. The van der Waals surface area contributed by atoms with Gasteiger partial charge in [0.25, 0.3) is 0 Å². The molecule has 2 N–H and O–H groups in total. The molecule has 0 spiro atoms. The zero-order valence-corrected chi connectivity index (χ0v) is 12.3. The molecule has 0 aliphatic carbocycles. The van der Waals surface area contributed by atoms with Crippen LogP contribution in [0.15, 0.2) is 24.3 Å². The number of amides is 1.